The van der Waals surface area contributed by atoms with Crippen molar-refractivity contribution in [2.24, 2.45) is 0 Å². The van der Waals surface area contributed by atoms with Gasteiger partial charge in [-0.2, -0.15) is 0 Å². The van der Waals surface area contributed by atoms with Crippen LogP contribution in [0.25, 0.3) is 12.1 Å². The molecule has 0 saturated carbocycles. The summed E-state index contributed by atoms with van der Waals surface area (Å²) in [6.45, 7) is 0. The third-order valence-electron chi connectivity index (χ3n) is 1.77. The van der Waals surface area contributed by atoms with Gasteiger partial charge in [0.25, 0.3) is 0 Å². The molecule has 1 aliphatic heterocycles. The van der Waals surface area contributed by atoms with Crippen molar-refractivity contribution in [2.45, 2.75) is 6.32 Å². The van der Waals surface area contributed by atoms with Gasteiger partial charge in [-0.05, 0) is 10.4 Å². The van der Waals surface area contributed by atoms with Crippen molar-refractivity contribution < 1.29 is 0 Å². The van der Waals surface area contributed by atoms with Crippen LogP contribution in [0.4, 0.5) is 0 Å². The van der Waals surface area contributed by atoms with E-state index in [9.17, 15) is 0 Å². The highest BCUT2D eigenvalue weighted by molar-refractivity contribution is 6.54. The van der Waals surface area contributed by atoms with Crippen molar-refractivity contribution in [3.63, 3.8) is 0 Å². The van der Waals surface area contributed by atoms with Crippen LogP contribution in [0.1, 0.15) is 0 Å². The van der Waals surface area contributed by atoms with Gasteiger partial charge in [-0.3, -0.25) is 0 Å². The van der Waals surface area contributed by atoms with Crippen LogP contribution in [0, 0.1) is 0 Å². The van der Waals surface area contributed by atoms with E-state index in [1.54, 1.807) is 0 Å². The number of hydrogen-bond acceptors (Lipinski definition) is 0. The largest absolute Gasteiger partial charge is 0.146 e. The Labute approximate surface area is 61.1 Å². The Morgan fingerprint density at radius 2 is 1.90 bits per heavy atom. The van der Waals surface area contributed by atoms with Gasteiger partial charge in [-0.1, -0.05) is 36.7 Å². The first-order chi connectivity index (χ1) is 4.97. The van der Waals surface area contributed by atoms with E-state index in [0.717, 1.165) is 6.32 Å². The standard InChI is InChI=1S/C9H8B/c1-2-4-9-7-10-6-5-8(9)3-1/h1-5,7H,6H2. The second-order valence-electron chi connectivity index (χ2n) is 2.47. The van der Waals surface area contributed by atoms with Crippen molar-refractivity contribution in [1.29, 1.82) is 0 Å². The molecule has 2 rings (SSSR count). The fourth-order valence-corrected chi connectivity index (χ4v) is 1.24. The highest BCUT2D eigenvalue weighted by Gasteiger charge is 1.90. The van der Waals surface area contributed by atoms with E-state index < -0.39 is 0 Å². The fourth-order valence-electron chi connectivity index (χ4n) is 1.24. The van der Waals surface area contributed by atoms with E-state index >= 15 is 0 Å². The minimum absolute atomic E-state index is 1.08. The lowest BCUT2D eigenvalue weighted by Crippen LogP contribution is -2.27. The van der Waals surface area contributed by atoms with E-state index in [1.807, 2.05) is 0 Å². The second-order valence-corrected chi connectivity index (χ2v) is 2.47. The van der Waals surface area contributed by atoms with Crippen molar-refractivity contribution in [3.05, 3.63) is 34.7 Å². The van der Waals surface area contributed by atoms with E-state index in [1.165, 1.54) is 10.4 Å². The highest BCUT2D eigenvalue weighted by Crippen LogP contribution is 1.85. The molecule has 10 heavy (non-hydrogen) atoms. The molecule has 1 aliphatic rings. The van der Waals surface area contributed by atoms with Crippen LogP contribution in [-0.4, -0.2) is 7.28 Å². The normalized spacial score (nSPS) is 14.0. The van der Waals surface area contributed by atoms with Gasteiger partial charge in [0, 0.05) is 0 Å². The molecule has 0 atom stereocenters. The summed E-state index contributed by atoms with van der Waals surface area (Å²) in [5.41, 5.74) is 0. The summed E-state index contributed by atoms with van der Waals surface area (Å²) >= 11 is 0. The van der Waals surface area contributed by atoms with Gasteiger partial charge < -0.3 is 0 Å². The van der Waals surface area contributed by atoms with Gasteiger partial charge in [-0.15, -0.1) is 5.98 Å². The van der Waals surface area contributed by atoms with Gasteiger partial charge in [-0.25, -0.2) is 0 Å². The molecule has 1 aromatic rings. The van der Waals surface area contributed by atoms with Gasteiger partial charge >= 0.3 is 0 Å². The SMILES string of the molecule is [B]1C=c2ccccc2=CC1. The summed E-state index contributed by atoms with van der Waals surface area (Å²) < 4.78 is 0. The summed E-state index contributed by atoms with van der Waals surface area (Å²) in [5, 5.41) is 2.71. The van der Waals surface area contributed by atoms with Crippen LogP contribution >= 0.6 is 0 Å². The Kier molecular flexibility index (Phi) is 1.35. The first-order valence-electron chi connectivity index (χ1n) is 3.55. The fraction of sp³-hybridized carbons (Fsp3) is 0.111. The molecule has 1 aromatic carbocycles. The third kappa shape index (κ3) is 0.880. The quantitative estimate of drug-likeness (QED) is 0.441. The molecule has 0 saturated heterocycles. The third-order valence-corrected chi connectivity index (χ3v) is 1.77. The molecule has 0 bridgehead atoms. The van der Waals surface area contributed by atoms with Crippen molar-refractivity contribution in [1.82, 2.24) is 0 Å². The number of benzene rings is 1. The lowest BCUT2D eigenvalue weighted by atomic mass is 9.71. The van der Waals surface area contributed by atoms with Gasteiger partial charge in [0.05, 0.1) is 0 Å². The average Bonchev–Trinajstić information content (AvgIpc) is 2.05. The smallest absolute Gasteiger partial charge is 0.115 e. The maximum atomic E-state index is 2.25. The Morgan fingerprint density at radius 1 is 1.10 bits per heavy atom. The van der Waals surface area contributed by atoms with Crippen LogP contribution in [0.3, 0.4) is 0 Å². The first-order valence-corrected chi connectivity index (χ1v) is 3.55. The summed E-state index contributed by atoms with van der Waals surface area (Å²) in [7, 11) is 2.18. The predicted octanol–water partition coefficient (Wildman–Crippen LogP) is 0.341. The molecule has 0 fully saturated rings. The molecule has 0 N–H and O–H groups in total. The van der Waals surface area contributed by atoms with Crippen molar-refractivity contribution >= 4 is 19.3 Å². The Morgan fingerprint density at radius 3 is 2.70 bits per heavy atom. The predicted molar refractivity (Wildman–Crippen MR) is 45.2 cm³/mol. The Bertz CT molecular complexity index is 303. The average molecular weight is 127 g/mol. The van der Waals surface area contributed by atoms with E-state index in [4.69, 9.17) is 0 Å². The van der Waals surface area contributed by atoms with Crippen molar-refractivity contribution in [3.8, 4) is 0 Å². The molecule has 1 heterocycles. The first kappa shape index (κ1) is 5.78. The van der Waals surface area contributed by atoms with Gasteiger partial charge in [0.2, 0.25) is 0 Å². The van der Waals surface area contributed by atoms with Crippen LogP contribution in [0.2, 0.25) is 6.32 Å². The molecule has 0 amide bonds. The molecule has 1 heteroatoms. The maximum Gasteiger partial charge on any atom is 0.146 e. The zero-order valence-electron chi connectivity index (χ0n) is 5.75. The number of rotatable bonds is 0. The van der Waals surface area contributed by atoms with Crippen LogP contribution in [0.5, 0.6) is 0 Å². The molecule has 1 radical (unpaired) electrons. The van der Waals surface area contributed by atoms with Gasteiger partial charge in [0.1, 0.15) is 7.28 Å². The molecule has 0 spiro atoms. The number of fused-ring (bicyclic) bond motifs is 1. The molecular weight excluding hydrogens is 119 g/mol. The monoisotopic (exact) mass is 127 g/mol. The minimum atomic E-state index is 1.08. The summed E-state index contributed by atoms with van der Waals surface area (Å²) in [4.78, 5) is 0. The molecule has 0 aromatic heterocycles. The van der Waals surface area contributed by atoms with Crippen LogP contribution < -0.4 is 10.4 Å². The molecular formula is C9H8B. The van der Waals surface area contributed by atoms with E-state index in [0.29, 0.717) is 0 Å². The second kappa shape index (κ2) is 2.33. The zero-order valence-corrected chi connectivity index (χ0v) is 5.75. The van der Waals surface area contributed by atoms with E-state index in [2.05, 4.69) is 43.6 Å². The lowest BCUT2D eigenvalue weighted by Gasteiger charge is -1.95. The Hall–Kier alpha value is -0.975. The summed E-state index contributed by atoms with van der Waals surface area (Å²) in [5.74, 6) is 2.18. The molecule has 0 unspecified atom stereocenters. The van der Waals surface area contributed by atoms with E-state index in [-0.39, 0.29) is 0 Å². The molecule has 47 valence electrons. The maximum absolute atomic E-state index is 2.25. The zero-order chi connectivity index (χ0) is 6.81. The minimum Gasteiger partial charge on any atom is -0.115 e. The van der Waals surface area contributed by atoms with Crippen molar-refractivity contribution in [2.75, 3.05) is 0 Å². The summed E-state index contributed by atoms with van der Waals surface area (Å²) in [6.07, 6.45) is 3.33. The van der Waals surface area contributed by atoms with Crippen LogP contribution in [-0.2, 0) is 0 Å². The summed E-state index contributed by atoms with van der Waals surface area (Å²) in [6, 6.07) is 8.44. The number of hydrogen-bond donors (Lipinski definition) is 0. The Balaban J connectivity index is 2.84. The lowest BCUT2D eigenvalue weighted by molar-refractivity contribution is 1.50. The molecule has 0 nitrogen and oxygen atoms in total. The molecule has 0 aliphatic carbocycles. The highest BCUT2D eigenvalue weighted by atomic mass is 13.9. The van der Waals surface area contributed by atoms with Gasteiger partial charge in [0.15, 0.2) is 0 Å². The topological polar surface area (TPSA) is 0 Å². The van der Waals surface area contributed by atoms with Crippen LogP contribution in [0.15, 0.2) is 24.3 Å².